The van der Waals surface area contributed by atoms with E-state index >= 15 is 0 Å². The van der Waals surface area contributed by atoms with E-state index in [1.54, 1.807) is 6.20 Å². The average molecular weight is 347 g/mol. The molecule has 2 aromatic rings. The molecule has 2 N–H and O–H groups in total. The molecule has 128 valence electrons. The Bertz CT molecular complexity index is 709. The molecule has 1 aliphatic heterocycles. The normalized spacial score (nSPS) is 13.8. The highest BCUT2D eigenvalue weighted by Gasteiger charge is 2.14. The van der Waals surface area contributed by atoms with Crippen molar-refractivity contribution in [2.45, 2.75) is 19.9 Å². The fourth-order valence-electron chi connectivity index (χ4n) is 2.70. The first-order chi connectivity index (χ1) is 11.2. The number of nitrogens with zero attached hydrogens (tertiary/aromatic N) is 2. The van der Waals surface area contributed by atoms with Crippen LogP contribution in [-0.4, -0.2) is 35.3 Å². The molecule has 3 rings (SSSR count). The number of rotatable bonds is 5. The van der Waals surface area contributed by atoms with Gasteiger partial charge in [0, 0.05) is 18.8 Å². The van der Waals surface area contributed by atoms with Crippen molar-refractivity contribution in [3.63, 3.8) is 0 Å². The third-order valence-electron chi connectivity index (χ3n) is 4.16. The molecule has 1 amide bonds. The molecule has 5 nitrogen and oxygen atoms in total. The lowest BCUT2D eigenvalue weighted by Gasteiger charge is -2.14. The zero-order valence-corrected chi connectivity index (χ0v) is 14.6. The second kappa shape index (κ2) is 8.66. The molecule has 1 aromatic carbocycles. The van der Waals surface area contributed by atoms with Gasteiger partial charge in [0.25, 0.3) is 5.91 Å². The fraction of sp³-hybridized carbons (Fsp3) is 0.333. The van der Waals surface area contributed by atoms with E-state index in [2.05, 4.69) is 33.9 Å². The lowest BCUT2D eigenvalue weighted by molar-refractivity contribution is 0.0956. The van der Waals surface area contributed by atoms with Crippen LogP contribution in [-0.2, 0) is 6.54 Å². The summed E-state index contributed by atoms with van der Waals surface area (Å²) >= 11 is 0. The number of benzene rings is 1. The zero-order chi connectivity index (χ0) is 16.1. The molecule has 2 heterocycles. The Morgan fingerprint density at radius 1 is 1.33 bits per heavy atom. The molecule has 24 heavy (non-hydrogen) atoms. The van der Waals surface area contributed by atoms with E-state index in [-0.39, 0.29) is 18.3 Å². The molecule has 1 aromatic heterocycles. The molecule has 0 fully saturated rings. The molecule has 1 aliphatic rings. The summed E-state index contributed by atoms with van der Waals surface area (Å²) in [6, 6.07) is 10.1. The smallest absolute Gasteiger partial charge is 0.255 e. The number of carbonyl (C=O) groups excluding carboxylic acids is 1. The molecule has 0 bridgehead atoms. The van der Waals surface area contributed by atoms with Crippen LogP contribution < -0.4 is 10.6 Å². The van der Waals surface area contributed by atoms with Crippen LogP contribution in [0.4, 0.5) is 0 Å². The summed E-state index contributed by atoms with van der Waals surface area (Å²) in [6.07, 6.45) is 4.80. The SMILES string of the molecule is Cc1c(C(=O)NCC2=CCNCC2)cnn1Cc1ccccc1.Cl. The lowest BCUT2D eigenvalue weighted by Crippen LogP contribution is -2.29. The summed E-state index contributed by atoms with van der Waals surface area (Å²) < 4.78 is 1.87. The minimum Gasteiger partial charge on any atom is -0.348 e. The van der Waals surface area contributed by atoms with Gasteiger partial charge in [-0.1, -0.05) is 42.0 Å². The molecule has 0 radical (unpaired) electrons. The van der Waals surface area contributed by atoms with E-state index < -0.39 is 0 Å². The van der Waals surface area contributed by atoms with Gasteiger partial charge in [0.2, 0.25) is 0 Å². The van der Waals surface area contributed by atoms with Crippen molar-refractivity contribution in [3.8, 4) is 0 Å². The zero-order valence-electron chi connectivity index (χ0n) is 13.8. The van der Waals surface area contributed by atoms with Crippen molar-refractivity contribution in [2.75, 3.05) is 19.6 Å². The van der Waals surface area contributed by atoms with Gasteiger partial charge in [-0.2, -0.15) is 5.10 Å². The highest BCUT2D eigenvalue weighted by Crippen LogP contribution is 2.11. The first-order valence-corrected chi connectivity index (χ1v) is 7.97. The van der Waals surface area contributed by atoms with Gasteiger partial charge in [-0.25, -0.2) is 0 Å². The van der Waals surface area contributed by atoms with Gasteiger partial charge in [-0.05, 0) is 25.5 Å². The summed E-state index contributed by atoms with van der Waals surface area (Å²) in [5, 5.41) is 10.6. The summed E-state index contributed by atoms with van der Waals surface area (Å²) in [5.41, 5.74) is 4.00. The number of nitrogens with one attached hydrogen (secondary N) is 2. The van der Waals surface area contributed by atoms with Crippen LogP contribution in [0.1, 0.15) is 28.0 Å². The standard InChI is InChI=1S/C18H22N4O.ClH/c1-14-17(18(23)20-11-15-7-9-19-10-8-15)12-21-22(14)13-16-5-3-2-4-6-16;/h2-7,12,19H,8-11,13H2,1H3,(H,20,23);1H. The number of hydrogen-bond donors (Lipinski definition) is 2. The minimum absolute atomic E-state index is 0. The van der Waals surface area contributed by atoms with Crippen molar-refractivity contribution in [3.05, 3.63) is 65.0 Å². The van der Waals surface area contributed by atoms with E-state index in [9.17, 15) is 4.79 Å². The van der Waals surface area contributed by atoms with Gasteiger partial charge in [0.1, 0.15) is 0 Å². The van der Waals surface area contributed by atoms with Crippen LogP contribution in [0, 0.1) is 6.92 Å². The summed E-state index contributed by atoms with van der Waals surface area (Å²) in [7, 11) is 0. The number of carbonyl (C=O) groups is 1. The Hall–Kier alpha value is -2.11. The Balaban J connectivity index is 0.00000208. The van der Waals surface area contributed by atoms with Crippen molar-refractivity contribution < 1.29 is 4.79 Å². The van der Waals surface area contributed by atoms with Gasteiger partial charge < -0.3 is 10.6 Å². The maximum Gasteiger partial charge on any atom is 0.255 e. The molecule has 0 saturated carbocycles. The van der Waals surface area contributed by atoms with Gasteiger partial charge in [0.15, 0.2) is 0 Å². The number of amides is 1. The third kappa shape index (κ3) is 4.46. The fourth-order valence-corrected chi connectivity index (χ4v) is 2.70. The predicted octanol–water partition coefficient (Wildman–Crippen LogP) is 2.31. The van der Waals surface area contributed by atoms with Crippen LogP contribution in [0.3, 0.4) is 0 Å². The van der Waals surface area contributed by atoms with Gasteiger partial charge in [-0.3, -0.25) is 9.48 Å². The molecule has 0 aliphatic carbocycles. The van der Waals surface area contributed by atoms with Crippen molar-refractivity contribution in [2.24, 2.45) is 0 Å². The first-order valence-electron chi connectivity index (χ1n) is 7.97. The highest BCUT2D eigenvalue weighted by atomic mass is 35.5. The second-order valence-electron chi connectivity index (χ2n) is 5.79. The topological polar surface area (TPSA) is 59.0 Å². The maximum atomic E-state index is 12.4. The molecular weight excluding hydrogens is 324 g/mol. The maximum absolute atomic E-state index is 12.4. The number of hydrogen-bond acceptors (Lipinski definition) is 3. The van der Waals surface area contributed by atoms with Gasteiger partial charge >= 0.3 is 0 Å². The Morgan fingerprint density at radius 3 is 2.83 bits per heavy atom. The molecule has 0 unspecified atom stereocenters. The summed E-state index contributed by atoms with van der Waals surface area (Å²) in [5.74, 6) is -0.0544. The Kier molecular flexibility index (Phi) is 6.58. The Labute approximate surface area is 148 Å². The van der Waals surface area contributed by atoms with Crippen LogP contribution in [0.15, 0.2) is 48.2 Å². The van der Waals surface area contributed by atoms with Gasteiger partial charge in [0.05, 0.1) is 18.3 Å². The quantitative estimate of drug-likeness (QED) is 0.817. The molecule has 0 saturated heterocycles. The monoisotopic (exact) mass is 346 g/mol. The van der Waals surface area contributed by atoms with Crippen LogP contribution in [0.2, 0.25) is 0 Å². The van der Waals surface area contributed by atoms with Crippen LogP contribution >= 0.6 is 12.4 Å². The molecule has 6 heteroatoms. The highest BCUT2D eigenvalue weighted by molar-refractivity contribution is 5.95. The number of aromatic nitrogens is 2. The lowest BCUT2D eigenvalue weighted by atomic mass is 10.1. The molecule has 0 atom stereocenters. The summed E-state index contributed by atoms with van der Waals surface area (Å²) in [6.45, 7) is 5.10. The van der Waals surface area contributed by atoms with Crippen molar-refractivity contribution in [1.82, 2.24) is 20.4 Å². The van der Waals surface area contributed by atoms with Crippen LogP contribution in [0.5, 0.6) is 0 Å². The van der Waals surface area contributed by atoms with Crippen molar-refractivity contribution >= 4 is 18.3 Å². The van der Waals surface area contributed by atoms with E-state index in [0.29, 0.717) is 18.7 Å². The predicted molar refractivity (Wildman–Crippen MR) is 97.7 cm³/mol. The minimum atomic E-state index is -0.0544. The molecular formula is C18H23ClN4O. The Morgan fingerprint density at radius 2 is 2.12 bits per heavy atom. The third-order valence-corrected chi connectivity index (χ3v) is 4.16. The molecule has 0 spiro atoms. The van der Waals surface area contributed by atoms with Crippen molar-refractivity contribution in [1.29, 1.82) is 0 Å². The second-order valence-corrected chi connectivity index (χ2v) is 5.79. The van der Waals surface area contributed by atoms with Crippen LogP contribution in [0.25, 0.3) is 0 Å². The number of halogens is 1. The van der Waals surface area contributed by atoms with E-state index in [4.69, 9.17) is 0 Å². The van der Waals surface area contributed by atoms with E-state index in [1.807, 2.05) is 29.8 Å². The first kappa shape index (κ1) is 18.2. The average Bonchev–Trinajstić information content (AvgIpc) is 2.95. The van der Waals surface area contributed by atoms with E-state index in [0.717, 1.165) is 25.2 Å². The largest absolute Gasteiger partial charge is 0.348 e. The summed E-state index contributed by atoms with van der Waals surface area (Å²) in [4.78, 5) is 12.4. The van der Waals surface area contributed by atoms with Gasteiger partial charge in [-0.15, -0.1) is 12.4 Å². The van der Waals surface area contributed by atoms with E-state index in [1.165, 1.54) is 11.1 Å².